The van der Waals surface area contributed by atoms with Crippen molar-refractivity contribution in [3.05, 3.63) is 0 Å². The quantitative estimate of drug-likeness (QED) is 0.738. The zero-order chi connectivity index (χ0) is 14.2. The number of nitrogens with zero attached hydrogens (tertiary/aromatic N) is 1. The number of piperidine rings is 1. The summed E-state index contributed by atoms with van der Waals surface area (Å²) in [5.41, 5.74) is -0.721. The van der Waals surface area contributed by atoms with E-state index in [4.69, 9.17) is 4.74 Å². The van der Waals surface area contributed by atoms with Gasteiger partial charge in [0.25, 0.3) is 5.91 Å². The molecule has 0 radical (unpaired) electrons. The molecule has 3 rings (SSSR count). The molecular formula is C14H23N3O3. The first-order valence-electron chi connectivity index (χ1n) is 7.51. The van der Waals surface area contributed by atoms with Gasteiger partial charge in [0.1, 0.15) is 5.60 Å². The summed E-state index contributed by atoms with van der Waals surface area (Å²) in [5, 5.41) is 6.27. The lowest BCUT2D eigenvalue weighted by Gasteiger charge is -2.35. The molecule has 2 N–H and O–H groups in total. The highest BCUT2D eigenvalue weighted by Crippen LogP contribution is 2.31. The predicted octanol–water partition coefficient (Wildman–Crippen LogP) is -0.365. The number of nitrogens with one attached hydrogen (secondary N) is 2. The van der Waals surface area contributed by atoms with Crippen molar-refractivity contribution in [2.24, 2.45) is 0 Å². The van der Waals surface area contributed by atoms with Crippen molar-refractivity contribution >= 4 is 11.8 Å². The van der Waals surface area contributed by atoms with Gasteiger partial charge in [0.15, 0.2) is 0 Å². The number of hydrogen-bond acceptors (Lipinski definition) is 4. The lowest BCUT2D eigenvalue weighted by Crippen LogP contribution is -2.56. The monoisotopic (exact) mass is 281 g/mol. The molecule has 112 valence electrons. The Morgan fingerprint density at radius 1 is 1.40 bits per heavy atom. The van der Waals surface area contributed by atoms with Crippen LogP contribution in [0.5, 0.6) is 0 Å². The molecule has 6 heteroatoms. The van der Waals surface area contributed by atoms with Crippen molar-refractivity contribution in [2.45, 2.75) is 49.8 Å². The van der Waals surface area contributed by atoms with E-state index in [9.17, 15) is 9.59 Å². The fourth-order valence-electron chi connectivity index (χ4n) is 3.24. The maximum absolute atomic E-state index is 12.5. The first kappa shape index (κ1) is 13.8. The van der Waals surface area contributed by atoms with Crippen LogP contribution in [-0.2, 0) is 14.3 Å². The number of ether oxygens (including phenoxy) is 1. The highest BCUT2D eigenvalue weighted by molar-refractivity contribution is 5.87. The first-order valence-corrected chi connectivity index (χ1v) is 7.51. The molecule has 6 nitrogen and oxygen atoms in total. The highest BCUT2D eigenvalue weighted by Gasteiger charge is 2.44. The topological polar surface area (TPSA) is 70.7 Å². The van der Waals surface area contributed by atoms with Crippen LogP contribution in [0.1, 0.15) is 32.1 Å². The van der Waals surface area contributed by atoms with E-state index in [2.05, 4.69) is 10.6 Å². The average molecular weight is 281 g/mol. The van der Waals surface area contributed by atoms with Gasteiger partial charge < -0.3 is 20.3 Å². The molecular weight excluding hydrogens is 258 g/mol. The Balaban J connectivity index is 1.59. The maximum Gasteiger partial charge on any atom is 0.252 e. The molecule has 1 aliphatic carbocycles. The summed E-state index contributed by atoms with van der Waals surface area (Å²) >= 11 is 0. The van der Waals surface area contributed by atoms with Crippen LogP contribution in [0, 0.1) is 0 Å². The summed E-state index contributed by atoms with van der Waals surface area (Å²) in [6.45, 7) is 2.24. The minimum absolute atomic E-state index is 0.0579. The average Bonchev–Trinajstić information content (AvgIpc) is 3.24. The summed E-state index contributed by atoms with van der Waals surface area (Å²) in [7, 11) is 1.60. The van der Waals surface area contributed by atoms with Gasteiger partial charge in [-0.1, -0.05) is 0 Å². The van der Waals surface area contributed by atoms with Gasteiger partial charge in [-0.25, -0.2) is 0 Å². The van der Waals surface area contributed by atoms with E-state index in [0.717, 1.165) is 25.9 Å². The van der Waals surface area contributed by atoms with Gasteiger partial charge in [0.05, 0.1) is 6.04 Å². The fourth-order valence-corrected chi connectivity index (χ4v) is 3.24. The van der Waals surface area contributed by atoms with Crippen molar-refractivity contribution in [1.29, 1.82) is 0 Å². The van der Waals surface area contributed by atoms with E-state index >= 15 is 0 Å². The van der Waals surface area contributed by atoms with Gasteiger partial charge >= 0.3 is 0 Å². The van der Waals surface area contributed by atoms with E-state index in [1.807, 2.05) is 4.90 Å². The summed E-state index contributed by atoms with van der Waals surface area (Å²) in [6.07, 6.45) is 4.02. The molecule has 0 aromatic carbocycles. The Morgan fingerprint density at radius 2 is 2.10 bits per heavy atom. The van der Waals surface area contributed by atoms with Crippen molar-refractivity contribution in [1.82, 2.24) is 15.5 Å². The van der Waals surface area contributed by atoms with Crippen LogP contribution < -0.4 is 10.6 Å². The second-order valence-electron chi connectivity index (χ2n) is 6.10. The molecule has 3 aliphatic rings. The Kier molecular flexibility index (Phi) is 3.69. The zero-order valence-electron chi connectivity index (χ0n) is 12.0. The summed E-state index contributed by atoms with van der Waals surface area (Å²) in [4.78, 5) is 26.3. The van der Waals surface area contributed by atoms with Crippen molar-refractivity contribution in [3.63, 3.8) is 0 Å². The molecule has 0 spiro atoms. The number of amides is 2. The maximum atomic E-state index is 12.5. The van der Waals surface area contributed by atoms with Crippen LogP contribution in [0.4, 0.5) is 0 Å². The predicted molar refractivity (Wildman–Crippen MR) is 73.1 cm³/mol. The Hall–Kier alpha value is -1.14. The molecule has 2 aliphatic heterocycles. The third kappa shape index (κ3) is 2.54. The number of methoxy groups -OCH3 is 1. The normalized spacial score (nSPS) is 29.6. The second-order valence-corrected chi connectivity index (χ2v) is 6.10. The van der Waals surface area contributed by atoms with E-state index in [1.54, 1.807) is 7.11 Å². The van der Waals surface area contributed by atoms with Crippen LogP contribution >= 0.6 is 0 Å². The lowest BCUT2D eigenvalue weighted by molar-refractivity contribution is -0.147. The molecule has 0 aromatic rings. The minimum atomic E-state index is -0.721. The van der Waals surface area contributed by atoms with Gasteiger partial charge in [-0.3, -0.25) is 9.59 Å². The molecule has 1 atom stereocenters. The van der Waals surface area contributed by atoms with E-state index in [-0.39, 0.29) is 17.9 Å². The van der Waals surface area contributed by atoms with Gasteiger partial charge in [-0.15, -0.1) is 0 Å². The van der Waals surface area contributed by atoms with E-state index < -0.39 is 5.60 Å². The van der Waals surface area contributed by atoms with Crippen LogP contribution in [0.3, 0.4) is 0 Å². The number of hydrogen-bond donors (Lipinski definition) is 2. The molecule has 0 aromatic heterocycles. The number of rotatable bonds is 4. The van der Waals surface area contributed by atoms with E-state index in [0.29, 0.717) is 31.8 Å². The molecule has 1 unspecified atom stereocenters. The smallest absolute Gasteiger partial charge is 0.252 e. The van der Waals surface area contributed by atoms with Crippen molar-refractivity contribution in [2.75, 3.05) is 26.7 Å². The van der Waals surface area contributed by atoms with Gasteiger partial charge in [0, 0.05) is 26.1 Å². The minimum Gasteiger partial charge on any atom is -0.368 e. The number of likely N-dealkylation sites (tertiary alicyclic amines) is 1. The zero-order valence-corrected chi connectivity index (χ0v) is 12.0. The molecule has 3 fully saturated rings. The number of carbonyl (C=O) groups is 2. The van der Waals surface area contributed by atoms with Gasteiger partial charge in [-0.05, 0) is 38.8 Å². The largest absolute Gasteiger partial charge is 0.368 e. The van der Waals surface area contributed by atoms with Crippen LogP contribution in [0.25, 0.3) is 0 Å². The van der Waals surface area contributed by atoms with Crippen LogP contribution in [0.2, 0.25) is 0 Å². The van der Waals surface area contributed by atoms with Crippen LogP contribution in [-0.4, -0.2) is 61.1 Å². The molecule has 20 heavy (non-hydrogen) atoms. The molecule has 2 amide bonds. The standard InChI is InChI=1S/C14H23N3O3/c1-20-14(4-6-15-7-5-14)13(19)16-10-8-12(18)17(9-10)11-2-3-11/h10-11,15H,2-9H2,1H3,(H,16,19). The molecule has 1 saturated carbocycles. The first-order chi connectivity index (χ1) is 9.64. The van der Waals surface area contributed by atoms with Gasteiger partial charge in [-0.2, -0.15) is 0 Å². The SMILES string of the molecule is COC1(C(=O)NC2CC(=O)N(C3CC3)C2)CCNCC1. The summed E-state index contributed by atoms with van der Waals surface area (Å²) < 4.78 is 5.51. The third-order valence-electron chi connectivity index (χ3n) is 4.70. The molecule has 2 heterocycles. The Labute approximate surface area is 119 Å². The summed E-state index contributed by atoms with van der Waals surface area (Å²) in [6, 6.07) is 0.372. The molecule has 0 bridgehead atoms. The van der Waals surface area contributed by atoms with E-state index in [1.165, 1.54) is 0 Å². The third-order valence-corrected chi connectivity index (χ3v) is 4.70. The second kappa shape index (κ2) is 5.33. The van der Waals surface area contributed by atoms with Gasteiger partial charge in [0.2, 0.25) is 5.91 Å². The van der Waals surface area contributed by atoms with Crippen molar-refractivity contribution < 1.29 is 14.3 Å². The Bertz CT molecular complexity index is 402. The fraction of sp³-hybridized carbons (Fsp3) is 0.857. The van der Waals surface area contributed by atoms with Crippen molar-refractivity contribution in [3.8, 4) is 0 Å². The lowest BCUT2D eigenvalue weighted by atomic mass is 9.90. The number of carbonyl (C=O) groups excluding carboxylic acids is 2. The summed E-state index contributed by atoms with van der Waals surface area (Å²) in [5.74, 6) is 0.117. The highest BCUT2D eigenvalue weighted by atomic mass is 16.5. The van der Waals surface area contributed by atoms with Crippen LogP contribution in [0.15, 0.2) is 0 Å². The Morgan fingerprint density at radius 3 is 2.70 bits per heavy atom. The molecule has 2 saturated heterocycles.